The summed E-state index contributed by atoms with van der Waals surface area (Å²) in [6.45, 7) is 9.38. The molecule has 0 saturated carbocycles. The Morgan fingerprint density at radius 1 is 0.650 bits per heavy atom. The van der Waals surface area contributed by atoms with E-state index in [1.807, 2.05) is 0 Å². The molecule has 4 aromatic rings. The van der Waals surface area contributed by atoms with Gasteiger partial charge in [-0.25, -0.2) is 0 Å². The average molecular weight is 687 g/mol. The molecule has 0 spiro atoms. The Morgan fingerprint density at radius 3 is 1.52 bits per heavy atom. The number of allylic oxidation sites excluding steroid dienone is 2. The van der Waals surface area contributed by atoms with Crippen molar-refractivity contribution in [3.63, 3.8) is 0 Å². The van der Waals surface area contributed by atoms with E-state index in [0.717, 1.165) is 0 Å². The van der Waals surface area contributed by atoms with E-state index in [-0.39, 0.29) is 5.41 Å². The van der Waals surface area contributed by atoms with E-state index >= 15 is 0 Å². The molecule has 1 heteroatoms. The Balaban J connectivity index is 1.46. The number of hydrogen-bond donors (Lipinski definition) is 0. The minimum absolute atomic E-state index is 0.0887. The molecule has 1 saturated heterocycles. The Labute approximate surface area is 245 Å². The van der Waals surface area contributed by atoms with Crippen LogP contribution in [-0.4, -0.2) is 0 Å². The fourth-order valence-corrected chi connectivity index (χ4v) is 26.0. The van der Waals surface area contributed by atoms with E-state index in [9.17, 15) is 0 Å². The first-order valence-electron chi connectivity index (χ1n) is 15.1. The van der Waals surface area contributed by atoms with Crippen LogP contribution in [0.1, 0.15) is 67.4 Å². The number of benzene rings is 4. The zero-order valence-electron chi connectivity index (χ0n) is 24.8. The van der Waals surface area contributed by atoms with Crippen molar-refractivity contribution in [2.45, 2.75) is 57.2 Å². The van der Waals surface area contributed by atoms with Crippen LogP contribution in [0.25, 0.3) is 34.4 Å². The molecule has 1 aliphatic heterocycles. The molecule has 0 N–H and O–H groups in total. The van der Waals surface area contributed by atoms with Crippen molar-refractivity contribution in [3.8, 4) is 22.3 Å². The van der Waals surface area contributed by atoms with Gasteiger partial charge in [0, 0.05) is 0 Å². The van der Waals surface area contributed by atoms with Gasteiger partial charge in [0.05, 0.1) is 0 Å². The number of fused-ring (bicyclic) bond motifs is 6. The van der Waals surface area contributed by atoms with Gasteiger partial charge in [-0.05, 0) is 0 Å². The fraction of sp³-hybridized carbons (Fsp3) is 0.282. The van der Waals surface area contributed by atoms with Gasteiger partial charge in [-0.3, -0.25) is 0 Å². The molecule has 0 nitrogen and oxygen atoms in total. The molecule has 0 bridgehead atoms. The van der Waals surface area contributed by atoms with Crippen LogP contribution in [0.2, 0.25) is 9.36 Å². The third-order valence-corrected chi connectivity index (χ3v) is 25.5. The second-order valence-corrected chi connectivity index (χ2v) is 30.6. The monoisotopic (exact) mass is 688 g/mol. The molecule has 2 atom stereocenters. The van der Waals surface area contributed by atoms with E-state index < -0.39 is 20.0 Å². The number of aryl methyl sites for hydroxylation is 2. The molecule has 0 radical (unpaired) electrons. The first-order chi connectivity index (χ1) is 19.2. The normalized spacial score (nSPS) is 23.6. The second-order valence-electron chi connectivity index (χ2n) is 13.3. The maximum atomic E-state index is 2.76. The van der Waals surface area contributed by atoms with Gasteiger partial charge < -0.3 is 0 Å². The van der Waals surface area contributed by atoms with Crippen LogP contribution in [0.15, 0.2) is 96.1 Å². The van der Waals surface area contributed by atoms with E-state index in [4.69, 9.17) is 0 Å². The van der Waals surface area contributed by atoms with Crippen molar-refractivity contribution in [2.75, 3.05) is 0 Å². The molecule has 40 heavy (non-hydrogen) atoms. The summed E-state index contributed by atoms with van der Waals surface area (Å²) in [7, 11) is 0. The van der Waals surface area contributed by atoms with Crippen molar-refractivity contribution in [3.05, 3.63) is 129 Å². The number of rotatable bonds is 4. The zero-order valence-corrected chi connectivity index (χ0v) is 28.4. The molecule has 3 aliphatic rings. The van der Waals surface area contributed by atoms with E-state index in [1.54, 1.807) is 22.3 Å². The van der Waals surface area contributed by atoms with Crippen LogP contribution >= 0.6 is 0 Å². The molecule has 4 aromatic carbocycles. The summed E-state index contributed by atoms with van der Waals surface area (Å²) in [5, 5.41) is 0. The van der Waals surface area contributed by atoms with Crippen LogP contribution in [0.5, 0.6) is 0 Å². The Kier molecular flexibility index (Phi) is 6.13. The van der Waals surface area contributed by atoms with Gasteiger partial charge in [0.25, 0.3) is 0 Å². The average Bonchev–Trinajstić information content (AvgIpc) is 3.54. The first-order valence-corrected chi connectivity index (χ1v) is 26.4. The molecule has 200 valence electrons. The van der Waals surface area contributed by atoms with Crippen molar-refractivity contribution in [2.24, 2.45) is 5.41 Å². The van der Waals surface area contributed by atoms with Gasteiger partial charge in [-0.2, -0.15) is 0 Å². The molecule has 0 aromatic heterocycles. The first kappa shape index (κ1) is 26.1. The molecule has 7 rings (SSSR count). The SMILES string of the molecule is CCCC1(C)C2=Cc3c(-c4cccc(C)c4)cccc3[CH]2[Hf]([CH3])([CH3])[CH]2C1=Cc1c(-c3cccc(C)c3)cccc12. The molecule has 1 heterocycles. The van der Waals surface area contributed by atoms with Crippen LogP contribution in [0.3, 0.4) is 0 Å². The van der Waals surface area contributed by atoms with Gasteiger partial charge in [-0.15, -0.1) is 0 Å². The summed E-state index contributed by atoms with van der Waals surface area (Å²) in [5.74, 6) is 0. The van der Waals surface area contributed by atoms with Gasteiger partial charge in [0.15, 0.2) is 0 Å². The Hall–Kier alpha value is -2.77. The molecule has 2 aliphatic carbocycles. The second kappa shape index (κ2) is 9.38. The standard InChI is InChI=1S/C37H34.2CH3.Hf/c1-5-18-37(4,31-21-29-14-8-16-33(35(29)23-31)27-12-6-10-25(2)19-27)32-22-30-15-9-17-34(36(30)24-32)28-13-7-11-26(3)20-28;;;/h6-17,19-24H,5,18H2,1-4H3;2*1H3;. The third kappa shape index (κ3) is 3.73. The topological polar surface area (TPSA) is 0 Å². The van der Waals surface area contributed by atoms with Crippen LogP contribution in [-0.2, 0) is 20.0 Å². The quantitative estimate of drug-likeness (QED) is 0.187. The molecule has 1 fully saturated rings. The van der Waals surface area contributed by atoms with Crippen molar-refractivity contribution >= 4 is 12.2 Å². The van der Waals surface area contributed by atoms with Gasteiger partial charge in [0.2, 0.25) is 0 Å². The van der Waals surface area contributed by atoms with Crippen molar-refractivity contribution in [1.82, 2.24) is 0 Å². The van der Waals surface area contributed by atoms with E-state index in [1.165, 1.54) is 57.3 Å². The minimum atomic E-state index is -3.04. The summed E-state index contributed by atoms with van der Waals surface area (Å²) in [6.07, 6.45) is 7.74. The van der Waals surface area contributed by atoms with Crippen molar-refractivity contribution in [1.29, 1.82) is 0 Å². The van der Waals surface area contributed by atoms with E-state index in [2.05, 4.69) is 134 Å². The summed E-state index contributed by atoms with van der Waals surface area (Å²) in [5.41, 5.74) is 18.0. The number of hydrogen-bond acceptors (Lipinski definition) is 0. The van der Waals surface area contributed by atoms with Crippen molar-refractivity contribution < 1.29 is 20.0 Å². The van der Waals surface area contributed by atoms with E-state index in [0.29, 0.717) is 7.35 Å². The Bertz CT molecular complexity index is 1610. The fourth-order valence-electron chi connectivity index (χ4n) is 8.61. The zero-order chi connectivity index (χ0) is 27.8. The van der Waals surface area contributed by atoms with Gasteiger partial charge in [-0.1, -0.05) is 0 Å². The third-order valence-electron chi connectivity index (χ3n) is 10.3. The predicted octanol–water partition coefficient (Wildman–Crippen LogP) is 11.3. The summed E-state index contributed by atoms with van der Waals surface area (Å²) in [4.78, 5) is 0. The van der Waals surface area contributed by atoms with Gasteiger partial charge in [0.1, 0.15) is 0 Å². The molecule has 0 amide bonds. The van der Waals surface area contributed by atoms with Crippen LogP contribution in [0, 0.1) is 19.3 Å². The summed E-state index contributed by atoms with van der Waals surface area (Å²) < 4.78 is 6.77. The van der Waals surface area contributed by atoms with Gasteiger partial charge >= 0.3 is 246 Å². The van der Waals surface area contributed by atoms with Crippen LogP contribution in [0.4, 0.5) is 0 Å². The summed E-state index contributed by atoms with van der Waals surface area (Å²) in [6, 6.07) is 32.5. The Morgan fingerprint density at radius 2 is 1.10 bits per heavy atom. The molecule has 2 unspecified atom stereocenters. The predicted molar refractivity (Wildman–Crippen MR) is 169 cm³/mol. The maximum absolute atomic E-state index is 3.04. The molecular formula is C39H40Hf. The summed E-state index contributed by atoms with van der Waals surface area (Å²) >= 11 is -3.04. The molecular weight excluding hydrogens is 647 g/mol. The van der Waals surface area contributed by atoms with Crippen LogP contribution < -0.4 is 0 Å².